The fraction of sp³-hybridized carbons (Fsp3) is 0.364. The van der Waals surface area contributed by atoms with Crippen LogP contribution in [0.1, 0.15) is 17.0 Å². The zero-order chi connectivity index (χ0) is 11.0. The highest BCUT2D eigenvalue weighted by Crippen LogP contribution is 2.18. The second-order valence-electron chi connectivity index (χ2n) is 3.92. The normalized spacial score (nSPS) is 14.8. The molecule has 0 aromatic carbocycles. The number of aromatic amines is 1. The molecule has 1 aliphatic rings. The highest BCUT2D eigenvalue weighted by molar-refractivity contribution is 5.45. The van der Waals surface area contributed by atoms with Crippen molar-refractivity contribution in [2.45, 2.75) is 19.9 Å². The Balaban J connectivity index is 2.12. The van der Waals surface area contributed by atoms with Gasteiger partial charge in [-0.15, -0.1) is 0 Å². The van der Waals surface area contributed by atoms with Gasteiger partial charge in [0.05, 0.1) is 5.69 Å². The first-order chi connectivity index (χ1) is 7.84. The minimum Gasteiger partial charge on any atom is -0.342 e. The van der Waals surface area contributed by atoms with Crippen LogP contribution < -0.4 is 5.32 Å². The van der Waals surface area contributed by atoms with E-state index in [1.807, 2.05) is 6.92 Å². The van der Waals surface area contributed by atoms with Gasteiger partial charge < -0.3 is 10.3 Å². The lowest BCUT2D eigenvalue weighted by Gasteiger charge is -2.18. The van der Waals surface area contributed by atoms with Crippen molar-refractivity contribution in [3.63, 3.8) is 0 Å². The Morgan fingerprint density at radius 3 is 3.06 bits per heavy atom. The molecule has 5 nitrogen and oxygen atoms in total. The number of hydrogen-bond acceptors (Lipinski definition) is 4. The highest BCUT2D eigenvalue weighted by atomic mass is 15.0. The highest BCUT2D eigenvalue weighted by Gasteiger charge is 2.16. The molecule has 1 aliphatic heterocycles. The Labute approximate surface area is 93.4 Å². The van der Waals surface area contributed by atoms with Crippen LogP contribution in [-0.2, 0) is 13.0 Å². The second kappa shape index (κ2) is 3.68. The third kappa shape index (κ3) is 1.49. The standard InChI is InChI=1S/C11H13N5/c1-7-8-6-12-3-2-9(8)16-11(15-7)10-13-4-5-14-10/h4-5,12H,2-3,6H2,1H3,(H,13,14). The van der Waals surface area contributed by atoms with Crippen LogP contribution in [0.5, 0.6) is 0 Å². The monoisotopic (exact) mass is 215 g/mol. The van der Waals surface area contributed by atoms with Crippen LogP contribution in [0.4, 0.5) is 0 Å². The van der Waals surface area contributed by atoms with Crippen LogP contribution >= 0.6 is 0 Å². The van der Waals surface area contributed by atoms with Crippen LogP contribution in [0.2, 0.25) is 0 Å². The fourth-order valence-electron chi connectivity index (χ4n) is 2.01. The summed E-state index contributed by atoms with van der Waals surface area (Å²) in [5, 5.41) is 3.33. The predicted octanol–water partition coefficient (Wildman–Crippen LogP) is 0.821. The number of hydrogen-bond donors (Lipinski definition) is 2. The lowest BCUT2D eigenvalue weighted by atomic mass is 10.1. The molecular weight excluding hydrogens is 202 g/mol. The number of rotatable bonds is 1. The number of aryl methyl sites for hydroxylation is 1. The van der Waals surface area contributed by atoms with Gasteiger partial charge in [-0.1, -0.05) is 0 Å². The Morgan fingerprint density at radius 1 is 1.31 bits per heavy atom. The van der Waals surface area contributed by atoms with Gasteiger partial charge in [-0.2, -0.15) is 0 Å². The number of nitrogens with one attached hydrogen (secondary N) is 2. The third-order valence-electron chi connectivity index (χ3n) is 2.85. The fourth-order valence-corrected chi connectivity index (χ4v) is 2.01. The molecule has 3 rings (SSSR count). The first kappa shape index (κ1) is 9.47. The molecule has 16 heavy (non-hydrogen) atoms. The topological polar surface area (TPSA) is 66.5 Å². The average Bonchev–Trinajstić information content (AvgIpc) is 2.82. The van der Waals surface area contributed by atoms with Crippen molar-refractivity contribution < 1.29 is 0 Å². The molecule has 0 spiro atoms. The van der Waals surface area contributed by atoms with E-state index in [9.17, 15) is 0 Å². The second-order valence-corrected chi connectivity index (χ2v) is 3.92. The summed E-state index contributed by atoms with van der Waals surface area (Å²) >= 11 is 0. The molecule has 0 amide bonds. The Hall–Kier alpha value is -1.75. The number of nitrogens with zero attached hydrogens (tertiary/aromatic N) is 3. The molecule has 0 radical (unpaired) electrons. The first-order valence-corrected chi connectivity index (χ1v) is 5.41. The Bertz CT molecular complexity index is 503. The zero-order valence-electron chi connectivity index (χ0n) is 9.12. The average molecular weight is 215 g/mol. The molecule has 0 saturated heterocycles. The molecule has 0 unspecified atom stereocenters. The molecule has 2 aromatic heterocycles. The van der Waals surface area contributed by atoms with Gasteiger partial charge >= 0.3 is 0 Å². The molecule has 0 atom stereocenters. The molecule has 0 fully saturated rings. The molecule has 0 aliphatic carbocycles. The van der Waals surface area contributed by atoms with E-state index in [1.165, 1.54) is 5.56 Å². The van der Waals surface area contributed by atoms with Crippen LogP contribution in [0.3, 0.4) is 0 Å². The molecule has 2 aromatic rings. The Morgan fingerprint density at radius 2 is 2.25 bits per heavy atom. The summed E-state index contributed by atoms with van der Waals surface area (Å²) in [6.07, 6.45) is 4.47. The Kier molecular flexibility index (Phi) is 2.18. The van der Waals surface area contributed by atoms with Gasteiger partial charge in [0.2, 0.25) is 0 Å². The van der Waals surface area contributed by atoms with Gasteiger partial charge in [-0.25, -0.2) is 15.0 Å². The van der Waals surface area contributed by atoms with Crippen molar-refractivity contribution >= 4 is 0 Å². The predicted molar refractivity (Wildman–Crippen MR) is 59.8 cm³/mol. The minimum absolute atomic E-state index is 0.697. The zero-order valence-corrected chi connectivity index (χ0v) is 9.12. The maximum Gasteiger partial charge on any atom is 0.196 e. The van der Waals surface area contributed by atoms with Gasteiger partial charge in [0, 0.05) is 43.2 Å². The van der Waals surface area contributed by atoms with E-state index in [0.29, 0.717) is 5.82 Å². The van der Waals surface area contributed by atoms with Crippen molar-refractivity contribution in [1.29, 1.82) is 0 Å². The largest absolute Gasteiger partial charge is 0.342 e. The number of imidazole rings is 1. The molecule has 2 N–H and O–H groups in total. The van der Waals surface area contributed by atoms with Crippen LogP contribution in [-0.4, -0.2) is 26.5 Å². The van der Waals surface area contributed by atoms with Crippen molar-refractivity contribution in [2.75, 3.05) is 6.54 Å². The molecule has 5 heteroatoms. The summed E-state index contributed by atoms with van der Waals surface area (Å²) in [5.41, 5.74) is 3.43. The van der Waals surface area contributed by atoms with E-state index in [-0.39, 0.29) is 0 Å². The van der Waals surface area contributed by atoms with Crippen molar-refractivity contribution in [1.82, 2.24) is 25.3 Å². The van der Waals surface area contributed by atoms with Crippen molar-refractivity contribution in [3.05, 3.63) is 29.3 Å². The van der Waals surface area contributed by atoms with Crippen molar-refractivity contribution in [2.24, 2.45) is 0 Å². The van der Waals surface area contributed by atoms with Gasteiger partial charge in [0.25, 0.3) is 0 Å². The van der Waals surface area contributed by atoms with Crippen LogP contribution in [0.25, 0.3) is 11.6 Å². The lowest BCUT2D eigenvalue weighted by Crippen LogP contribution is -2.26. The van der Waals surface area contributed by atoms with Gasteiger partial charge in [-0.05, 0) is 6.92 Å². The summed E-state index contributed by atoms with van der Waals surface area (Å²) in [6.45, 7) is 3.89. The van der Waals surface area contributed by atoms with E-state index in [2.05, 4.69) is 25.3 Å². The SMILES string of the molecule is Cc1nc(-c2ncc[nH]2)nc2c1CNCC2. The number of fused-ring (bicyclic) bond motifs is 1. The maximum atomic E-state index is 4.57. The smallest absolute Gasteiger partial charge is 0.196 e. The molecular formula is C11H13N5. The molecule has 82 valence electrons. The molecule has 0 bridgehead atoms. The summed E-state index contributed by atoms with van der Waals surface area (Å²) in [6, 6.07) is 0. The van der Waals surface area contributed by atoms with E-state index in [4.69, 9.17) is 0 Å². The number of aromatic nitrogens is 4. The maximum absolute atomic E-state index is 4.57. The van der Waals surface area contributed by atoms with Crippen LogP contribution in [0, 0.1) is 6.92 Å². The summed E-state index contributed by atoms with van der Waals surface area (Å²) < 4.78 is 0. The number of H-pyrrole nitrogens is 1. The summed E-state index contributed by atoms with van der Waals surface area (Å²) in [5.74, 6) is 1.44. The summed E-state index contributed by atoms with van der Waals surface area (Å²) in [7, 11) is 0. The minimum atomic E-state index is 0.697. The quantitative estimate of drug-likeness (QED) is 0.739. The molecule has 3 heterocycles. The third-order valence-corrected chi connectivity index (χ3v) is 2.85. The summed E-state index contributed by atoms with van der Waals surface area (Å²) in [4.78, 5) is 16.3. The van der Waals surface area contributed by atoms with Crippen LogP contribution in [0.15, 0.2) is 12.4 Å². The van der Waals surface area contributed by atoms with E-state index in [1.54, 1.807) is 12.4 Å². The first-order valence-electron chi connectivity index (χ1n) is 5.41. The van der Waals surface area contributed by atoms with Gasteiger partial charge in [0.1, 0.15) is 0 Å². The van der Waals surface area contributed by atoms with Gasteiger partial charge in [-0.3, -0.25) is 0 Å². The van der Waals surface area contributed by atoms with Crippen molar-refractivity contribution in [3.8, 4) is 11.6 Å². The van der Waals surface area contributed by atoms with E-state index < -0.39 is 0 Å². The lowest BCUT2D eigenvalue weighted by molar-refractivity contribution is 0.621. The molecule has 0 saturated carbocycles. The van der Waals surface area contributed by atoms with Gasteiger partial charge in [0.15, 0.2) is 11.6 Å². The van der Waals surface area contributed by atoms with E-state index in [0.717, 1.165) is 36.7 Å². The van der Waals surface area contributed by atoms with E-state index >= 15 is 0 Å².